The van der Waals surface area contributed by atoms with E-state index in [0.29, 0.717) is 22.8 Å². The minimum Gasteiger partial charge on any atom is -0.351 e. The van der Waals surface area contributed by atoms with E-state index in [1.807, 2.05) is 19.1 Å². The van der Waals surface area contributed by atoms with Crippen molar-refractivity contribution in [3.63, 3.8) is 0 Å². The van der Waals surface area contributed by atoms with Crippen molar-refractivity contribution in [3.8, 4) is 11.8 Å². The Morgan fingerprint density at radius 3 is 2.75 bits per heavy atom. The first-order valence-corrected chi connectivity index (χ1v) is 8.62. The Balaban J connectivity index is 2.24. The van der Waals surface area contributed by atoms with Gasteiger partial charge in [-0.2, -0.15) is 5.26 Å². The van der Waals surface area contributed by atoms with Crippen LogP contribution in [0.3, 0.4) is 0 Å². The molecule has 2 aromatic rings. The summed E-state index contributed by atoms with van der Waals surface area (Å²) in [4.78, 5) is 12.6. The van der Waals surface area contributed by atoms with Gasteiger partial charge in [-0.15, -0.1) is 0 Å². The van der Waals surface area contributed by atoms with Crippen molar-refractivity contribution in [2.45, 2.75) is 39.5 Å². The van der Waals surface area contributed by atoms with Gasteiger partial charge >= 0.3 is 0 Å². The van der Waals surface area contributed by atoms with Crippen LogP contribution in [0.1, 0.15) is 54.2 Å². The Labute approximate surface area is 148 Å². The zero-order valence-corrected chi connectivity index (χ0v) is 14.9. The van der Waals surface area contributed by atoms with Crippen molar-refractivity contribution in [1.29, 1.82) is 5.26 Å². The first kappa shape index (κ1) is 18.1. The summed E-state index contributed by atoms with van der Waals surface area (Å²) < 4.78 is 1.76. The highest BCUT2D eigenvalue weighted by Gasteiger charge is 2.18. The van der Waals surface area contributed by atoms with Crippen LogP contribution in [0.2, 0.25) is 5.02 Å². The quantitative estimate of drug-likeness (QED) is 0.745. The number of unbranched alkanes of at least 4 members (excludes halogenated alkanes) is 3. The number of carbonyl (C=O) groups excluding carboxylic acids is 1. The van der Waals surface area contributed by atoms with Gasteiger partial charge in [0, 0.05) is 23.5 Å². The van der Waals surface area contributed by atoms with Gasteiger partial charge in [0.2, 0.25) is 0 Å². The maximum atomic E-state index is 12.6. The fourth-order valence-corrected chi connectivity index (χ4v) is 2.91. The summed E-state index contributed by atoms with van der Waals surface area (Å²) in [6.07, 6.45) is 6.12. The normalized spacial score (nSPS) is 10.4. The minimum atomic E-state index is -0.220. The van der Waals surface area contributed by atoms with Gasteiger partial charge in [-0.3, -0.25) is 4.79 Å². The standard InChI is InChI=1S/C19H22ClN3O/c1-3-4-5-6-10-22-19(24)18-15(13-21)9-11-23(18)17-8-7-16(20)12-14(17)2/h7-9,11-12H,3-6,10H2,1-2H3,(H,22,24). The highest BCUT2D eigenvalue weighted by atomic mass is 35.5. The van der Waals surface area contributed by atoms with Gasteiger partial charge in [0.15, 0.2) is 0 Å². The van der Waals surface area contributed by atoms with Crippen LogP contribution in [0.15, 0.2) is 30.5 Å². The van der Waals surface area contributed by atoms with Crippen LogP contribution in [-0.2, 0) is 0 Å². The second-order valence-corrected chi connectivity index (χ2v) is 6.24. The van der Waals surface area contributed by atoms with Gasteiger partial charge in [0.05, 0.1) is 5.56 Å². The van der Waals surface area contributed by atoms with Crippen LogP contribution in [0.5, 0.6) is 0 Å². The number of aryl methyl sites for hydroxylation is 1. The summed E-state index contributed by atoms with van der Waals surface area (Å²) in [7, 11) is 0. The molecular weight excluding hydrogens is 322 g/mol. The van der Waals surface area contributed by atoms with E-state index >= 15 is 0 Å². The zero-order chi connectivity index (χ0) is 17.5. The maximum absolute atomic E-state index is 12.6. The molecule has 1 amide bonds. The molecule has 2 rings (SSSR count). The van der Waals surface area contributed by atoms with E-state index < -0.39 is 0 Å². The van der Waals surface area contributed by atoms with Gasteiger partial charge in [0.1, 0.15) is 11.8 Å². The molecular formula is C19H22ClN3O. The third-order valence-corrected chi connectivity index (χ3v) is 4.19. The first-order chi connectivity index (χ1) is 11.6. The minimum absolute atomic E-state index is 0.220. The number of aromatic nitrogens is 1. The molecule has 1 aromatic heterocycles. The van der Waals surface area contributed by atoms with Gasteiger partial charge in [-0.1, -0.05) is 37.8 Å². The summed E-state index contributed by atoms with van der Waals surface area (Å²) in [6, 6.07) is 9.25. The molecule has 126 valence electrons. The Kier molecular flexibility index (Phi) is 6.45. The zero-order valence-electron chi connectivity index (χ0n) is 14.1. The predicted octanol–water partition coefficient (Wildman–Crippen LogP) is 4.62. The van der Waals surface area contributed by atoms with Crippen molar-refractivity contribution in [2.75, 3.05) is 6.54 Å². The van der Waals surface area contributed by atoms with Crippen molar-refractivity contribution in [3.05, 3.63) is 52.3 Å². The number of hydrogen-bond donors (Lipinski definition) is 1. The van der Waals surface area contributed by atoms with Crippen LogP contribution in [-0.4, -0.2) is 17.0 Å². The van der Waals surface area contributed by atoms with E-state index in [1.54, 1.807) is 22.9 Å². The summed E-state index contributed by atoms with van der Waals surface area (Å²) in [6.45, 7) is 4.70. The molecule has 0 spiro atoms. The van der Waals surface area contributed by atoms with E-state index in [1.165, 1.54) is 6.42 Å². The summed E-state index contributed by atoms with van der Waals surface area (Å²) in [5.41, 5.74) is 2.53. The van der Waals surface area contributed by atoms with E-state index in [2.05, 4.69) is 18.3 Å². The molecule has 1 N–H and O–H groups in total. The molecule has 0 aliphatic carbocycles. The number of halogens is 1. The summed E-state index contributed by atoms with van der Waals surface area (Å²) in [5, 5.41) is 12.9. The molecule has 1 aromatic carbocycles. The average molecular weight is 344 g/mol. The number of carbonyl (C=O) groups is 1. The first-order valence-electron chi connectivity index (χ1n) is 8.24. The number of rotatable bonds is 7. The molecule has 0 radical (unpaired) electrons. The third-order valence-electron chi connectivity index (χ3n) is 3.96. The number of nitrogens with zero attached hydrogens (tertiary/aromatic N) is 2. The van der Waals surface area contributed by atoms with Crippen LogP contribution in [0.25, 0.3) is 5.69 Å². The molecule has 5 heteroatoms. The van der Waals surface area contributed by atoms with Crippen LogP contribution >= 0.6 is 11.6 Å². The van der Waals surface area contributed by atoms with Crippen molar-refractivity contribution >= 4 is 17.5 Å². The van der Waals surface area contributed by atoms with Crippen molar-refractivity contribution in [2.24, 2.45) is 0 Å². The smallest absolute Gasteiger partial charge is 0.269 e. The highest BCUT2D eigenvalue weighted by Crippen LogP contribution is 2.23. The van der Waals surface area contributed by atoms with Crippen LogP contribution in [0, 0.1) is 18.3 Å². The molecule has 0 saturated heterocycles. The van der Waals surface area contributed by atoms with E-state index in [4.69, 9.17) is 11.6 Å². The Morgan fingerprint density at radius 1 is 1.29 bits per heavy atom. The largest absolute Gasteiger partial charge is 0.351 e. The third kappa shape index (κ3) is 4.18. The molecule has 0 bridgehead atoms. The molecule has 24 heavy (non-hydrogen) atoms. The fraction of sp³-hybridized carbons (Fsp3) is 0.368. The van der Waals surface area contributed by atoms with Crippen LogP contribution in [0.4, 0.5) is 0 Å². The van der Waals surface area contributed by atoms with Gasteiger partial charge in [-0.25, -0.2) is 0 Å². The Bertz CT molecular complexity index is 758. The second-order valence-electron chi connectivity index (χ2n) is 5.81. The van der Waals surface area contributed by atoms with E-state index in [-0.39, 0.29) is 5.91 Å². The predicted molar refractivity (Wildman–Crippen MR) is 96.7 cm³/mol. The van der Waals surface area contributed by atoms with Crippen molar-refractivity contribution < 1.29 is 4.79 Å². The lowest BCUT2D eigenvalue weighted by Gasteiger charge is -2.13. The van der Waals surface area contributed by atoms with E-state index in [0.717, 1.165) is 30.5 Å². The molecule has 0 unspecified atom stereocenters. The Morgan fingerprint density at radius 2 is 2.08 bits per heavy atom. The number of hydrogen-bond acceptors (Lipinski definition) is 2. The SMILES string of the molecule is CCCCCCNC(=O)c1c(C#N)ccn1-c1ccc(Cl)cc1C. The maximum Gasteiger partial charge on any atom is 0.269 e. The monoisotopic (exact) mass is 343 g/mol. The number of benzene rings is 1. The van der Waals surface area contributed by atoms with E-state index in [9.17, 15) is 10.1 Å². The highest BCUT2D eigenvalue weighted by molar-refractivity contribution is 6.30. The fourth-order valence-electron chi connectivity index (χ4n) is 2.68. The average Bonchev–Trinajstić information content (AvgIpc) is 2.98. The number of amides is 1. The molecule has 0 saturated carbocycles. The summed E-state index contributed by atoms with van der Waals surface area (Å²) in [5.74, 6) is -0.220. The molecule has 0 atom stereocenters. The van der Waals surface area contributed by atoms with Gasteiger partial charge in [-0.05, 0) is 43.2 Å². The summed E-state index contributed by atoms with van der Waals surface area (Å²) >= 11 is 6.01. The molecule has 0 fully saturated rings. The number of nitriles is 1. The molecule has 4 nitrogen and oxygen atoms in total. The second kappa shape index (κ2) is 8.56. The lowest BCUT2D eigenvalue weighted by Crippen LogP contribution is -2.27. The van der Waals surface area contributed by atoms with Gasteiger partial charge < -0.3 is 9.88 Å². The lowest BCUT2D eigenvalue weighted by atomic mass is 10.1. The van der Waals surface area contributed by atoms with Gasteiger partial charge in [0.25, 0.3) is 5.91 Å². The Hall–Kier alpha value is -2.25. The molecule has 0 aliphatic heterocycles. The topological polar surface area (TPSA) is 57.8 Å². The molecule has 0 aliphatic rings. The number of nitrogens with one attached hydrogen (secondary N) is 1. The molecule has 1 heterocycles. The van der Waals surface area contributed by atoms with Crippen molar-refractivity contribution in [1.82, 2.24) is 9.88 Å². The lowest BCUT2D eigenvalue weighted by molar-refractivity contribution is 0.0946. The van der Waals surface area contributed by atoms with Crippen LogP contribution < -0.4 is 5.32 Å².